The van der Waals surface area contributed by atoms with Crippen LogP contribution in [0.15, 0.2) is 40.6 Å². The molecule has 0 fully saturated rings. The van der Waals surface area contributed by atoms with E-state index in [0.717, 1.165) is 44.6 Å². The van der Waals surface area contributed by atoms with Gasteiger partial charge in [0.15, 0.2) is 23.0 Å². The number of aromatic hydroxyl groups is 1. The number of rotatable bonds is 6. The van der Waals surface area contributed by atoms with Gasteiger partial charge in [-0.1, -0.05) is 0 Å². The Bertz CT molecular complexity index is 873. The molecule has 0 unspecified atom stereocenters. The zero-order valence-corrected chi connectivity index (χ0v) is 14.6. The average molecular weight is 426 g/mol. The molecule has 1 N–H and O–H groups in total. The van der Waals surface area contributed by atoms with Crippen LogP contribution in [0.5, 0.6) is 28.7 Å². The second-order valence-electron chi connectivity index (χ2n) is 5.13. The number of azo groups is 1. The zero-order chi connectivity index (χ0) is 21.8. The van der Waals surface area contributed by atoms with Gasteiger partial charge < -0.3 is 24.1 Å². The van der Waals surface area contributed by atoms with Gasteiger partial charge in [0, 0.05) is 18.2 Å². The lowest BCUT2D eigenvalue weighted by Crippen LogP contribution is -2.18. The molecule has 0 aliphatic carbocycles. The smallest absolute Gasteiger partial charge is 0.504 e. The maximum absolute atomic E-state index is 12.5. The summed E-state index contributed by atoms with van der Waals surface area (Å²) in [5.41, 5.74) is -0.0890. The van der Waals surface area contributed by atoms with E-state index in [-0.39, 0.29) is 22.9 Å². The molecule has 13 heteroatoms. The minimum absolute atomic E-state index is 0.0247. The molecule has 2 aromatic carbocycles. The maximum Gasteiger partial charge on any atom is 0.573 e. The molecule has 2 aromatic rings. The van der Waals surface area contributed by atoms with Crippen LogP contribution in [0.1, 0.15) is 0 Å². The lowest BCUT2D eigenvalue weighted by molar-refractivity contribution is -0.276. The number of phenolic OH excluding ortho intramolecular Hbond substituents is 1. The van der Waals surface area contributed by atoms with Crippen LogP contribution in [0.25, 0.3) is 0 Å². The van der Waals surface area contributed by atoms with Crippen molar-refractivity contribution in [1.82, 2.24) is 0 Å². The minimum Gasteiger partial charge on any atom is -0.504 e. The molecule has 0 spiro atoms. The summed E-state index contributed by atoms with van der Waals surface area (Å²) in [5.74, 6) is -3.12. The Labute approximate surface area is 159 Å². The Morgan fingerprint density at radius 3 is 1.69 bits per heavy atom. The molecule has 0 bridgehead atoms. The Morgan fingerprint density at radius 1 is 0.724 bits per heavy atom. The predicted octanol–water partition coefficient (Wildman–Crippen LogP) is 5.62. The van der Waals surface area contributed by atoms with Crippen molar-refractivity contribution in [2.45, 2.75) is 12.7 Å². The van der Waals surface area contributed by atoms with Crippen molar-refractivity contribution in [1.29, 1.82) is 0 Å². The second-order valence-corrected chi connectivity index (χ2v) is 5.13. The van der Waals surface area contributed by atoms with Crippen molar-refractivity contribution in [3.8, 4) is 28.7 Å². The summed E-state index contributed by atoms with van der Waals surface area (Å²) < 4.78 is 91.3. The van der Waals surface area contributed by atoms with Gasteiger partial charge in [-0.15, -0.1) is 26.3 Å². The number of halogens is 6. The number of alkyl halides is 6. The van der Waals surface area contributed by atoms with Crippen LogP contribution in [-0.2, 0) is 0 Å². The van der Waals surface area contributed by atoms with E-state index in [1.54, 1.807) is 0 Å². The highest BCUT2D eigenvalue weighted by atomic mass is 19.4. The zero-order valence-electron chi connectivity index (χ0n) is 14.6. The van der Waals surface area contributed by atoms with Gasteiger partial charge >= 0.3 is 12.7 Å². The van der Waals surface area contributed by atoms with E-state index in [1.165, 1.54) is 0 Å². The van der Waals surface area contributed by atoms with Gasteiger partial charge in [-0.2, -0.15) is 10.2 Å². The third-order valence-corrected chi connectivity index (χ3v) is 3.11. The number of nitrogens with zero attached hydrogens (tertiary/aromatic N) is 2. The third kappa shape index (κ3) is 6.33. The van der Waals surface area contributed by atoms with Gasteiger partial charge in [0.05, 0.1) is 25.6 Å². The number of benzene rings is 2. The molecule has 0 atom stereocenters. The van der Waals surface area contributed by atoms with E-state index in [0.29, 0.717) is 0 Å². The average Bonchev–Trinajstić information content (AvgIpc) is 2.60. The summed E-state index contributed by atoms with van der Waals surface area (Å²) in [4.78, 5) is 0. The Kier molecular flexibility index (Phi) is 6.29. The molecule has 0 saturated carbocycles. The highest BCUT2D eigenvalue weighted by molar-refractivity contribution is 5.60. The van der Waals surface area contributed by atoms with Crippen molar-refractivity contribution >= 4 is 11.4 Å². The molecule has 0 amide bonds. The van der Waals surface area contributed by atoms with Crippen LogP contribution in [0, 0.1) is 0 Å². The molecule has 7 nitrogen and oxygen atoms in total. The summed E-state index contributed by atoms with van der Waals surface area (Å²) in [6, 6.07) is 4.86. The van der Waals surface area contributed by atoms with Gasteiger partial charge in [-0.05, 0) is 12.1 Å². The van der Waals surface area contributed by atoms with E-state index in [4.69, 9.17) is 9.47 Å². The van der Waals surface area contributed by atoms with E-state index < -0.39 is 30.0 Å². The Hall–Kier alpha value is -3.38. The number of methoxy groups -OCH3 is 2. The third-order valence-electron chi connectivity index (χ3n) is 3.11. The SMILES string of the molecule is COc1cc(N=Nc2ccc(OC(F)(F)F)c(O)c2)cc(OC)c1OC(F)(F)F. The Morgan fingerprint density at radius 2 is 1.24 bits per heavy atom. The molecule has 0 radical (unpaired) electrons. The molecule has 0 heterocycles. The first-order valence-corrected chi connectivity index (χ1v) is 7.44. The van der Waals surface area contributed by atoms with Gasteiger partial charge in [-0.25, -0.2) is 0 Å². The van der Waals surface area contributed by atoms with Crippen molar-refractivity contribution in [3.05, 3.63) is 30.3 Å². The van der Waals surface area contributed by atoms with Gasteiger partial charge in [0.25, 0.3) is 0 Å². The second kappa shape index (κ2) is 8.32. The summed E-state index contributed by atoms with van der Waals surface area (Å²) >= 11 is 0. The highest BCUT2D eigenvalue weighted by Gasteiger charge is 2.34. The van der Waals surface area contributed by atoms with Gasteiger partial charge in [0.2, 0.25) is 5.75 Å². The van der Waals surface area contributed by atoms with Crippen LogP contribution in [0.3, 0.4) is 0 Å². The molecule has 0 aliphatic heterocycles. The van der Waals surface area contributed by atoms with Crippen molar-refractivity contribution in [3.63, 3.8) is 0 Å². The van der Waals surface area contributed by atoms with Crippen LogP contribution in [-0.4, -0.2) is 32.1 Å². The first kappa shape index (κ1) is 21.9. The first-order chi connectivity index (χ1) is 13.4. The summed E-state index contributed by atoms with van der Waals surface area (Å²) in [6.07, 6.45) is -9.99. The summed E-state index contributed by atoms with van der Waals surface area (Å²) in [7, 11) is 2.19. The molecule has 29 heavy (non-hydrogen) atoms. The van der Waals surface area contributed by atoms with E-state index in [2.05, 4.69) is 19.7 Å². The predicted molar refractivity (Wildman–Crippen MR) is 85.2 cm³/mol. The fraction of sp³-hybridized carbons (Fsp3) is 0.250. The number of ether oxygens (including phenoxy) is 4. The van der Waals surface area contributed by atoms with E-state index >= 15 is 0 Å². The van der Waals surface area contributed by atoms with E-state index in [9.17, 15) is 31.4 Å². The van der Waals surface area contributed by atoms with Gasteiger partial charge in [-0.3, -0.25) is 0 Å². The molecule has 2 rings (SSSR count). The summed E-state index contributed by atoms with van der Waals surface area (Å²) in [5, 5.41) is 17.0. The summed E-state index contributed by atoms with van der Waals surface area (Å²) in [6.45, 7) is 0. The first-order valence-electron chi connectivity index (χ1n) is 7.44. The molecule has 158 valence electrons. The van der Waals surface area contributed by atoms with Crippen molar-refractivity contribution in [2.24, 2.45) is 10.2 Å². The monoisotopic (exact) mass is 426 g/mol. The Balaban J connectivity index is 2.32. The fourth-order valence-corrected chi connectivity index (χ4v) is 2.03. The molecular formula is C16H12F6N2O5. The number of phenols is 1. The molecule has 0 aliphatic rings. The van der Waals surface area contributed by atoms with Crippen LogP contribution in [0.2, 0.25) is 0 Å². The normalized spacial score (nSPS) is 12.1. The van der Waals surface area contributed by atoms with Crippen LogP contribution in [0.4, 0.5) is 37.7 Å². The van der Waals surface area contributed by atoms with Crippen molar-refractivity contribution < 1.29 is 50.4 Å². The largest absolute Gasteiger partial charge is 0.573 e. The molecular weight excluding hydrogens is 414 g/mol. The lowest BCUT2D eigenvalue weighted by Gasteiger charge is -2.16. The van der Waals surface area contributed by atoms with Gasteiger partial charge in [0.1, 0.15) is 0 Å². The maximum atomic E-state index is 12.5. The fourth-order valence-electron chi connectivity index (χ4n) is 2.03. The molecule has 0 aromatic heterocycles. The van der Waals surface area contributed by atoms with Crippen LogP contribution >= 0.6 is 0 Å². The topological polar surface area (TPSA) is 81.9 Å². The number of hydrogen-bond donors (Lipinski definition) is 1. The van der Waals surface area contributed by atoms with E-state index in [1.807, 2.05) is 0 Å². The standard InChI is InChI=1S/C16H12F6N2O5/c1-26-12-6-9(7-13(27-2)14(12)29-16(20,21)22)24-23-8-3-4-11(10(25)5-8)28-15(17,18)19/h3-7,25H,1-2H3. The minimum atomic E-state index is -5.00. The van der Waals surface area contributed by atoms with Crippen molar-refractivity contribution in [2.75, 3.05) is 14.2 Å². The number of hydrogen-bond acceptors (Lipinski definition) is 7. The van der Waals surface area contributed by atoms with Crippen LogP contribution < -0.4 is 18.9 Å². The lowest BCUT2D eigenvalue weighted by atomic mass is 10.2. The molecule has 0 saturated heterocycles. The highest BCUT2D eigenvalue weighted by Crippen LogP contribution is 2.44. The quantitative estimate of drug-likeness (QED) is 0.479.